The summed E-state index contributed by atoms with van der Waals surface area (Å²) in [5.74, 6) is 0. The topological polar surface area (TPSA) is 41.5 Å². The van der Waals surface area contributed by atoms with Gasteiger partial charge >= 0.3 is 0 Å². The zero-order valence-electron chi connectivity index (χ0n) is 9.24. The number of hydrogen-bond acceptors (Lipinski definition) is 3. The van der Waals surface area contributed by atoms with Gasteiger partial charge in [-0.05, 0) is 31.5 Å². The van der Waals surface area contributed by atoms with Gasteiger partial charge in [0.05, 0.1) is 18.2 Å². The predicted octanol–water partition coefficient (Wildman–Crippen LogP) is 2.29. The lowest BCUT2D eigenvalue weighted by atomic mass is 9.92. The molecule has 0 amide bonds. The summed E-state index contributed by atoms with van der Waals surface area (Å²) in [6, 6.07) is 7.50. The van der Waals surface area contributed by atoms with E-state index in [9.17, 15) is 5.11 Å². The molecule has 0 saturated carbocycles. The fourth-order valence-corrected chi connectivity index (χ4v) is 2.24. The SMILES string of the molecule is CC1OCCC1(CO)Nc1cccc(Cl)c1. The first-order valence-electron chi connectivity index (χ1n) is 5.42. The minimum atomic E-state index is -0.384. The molecule has 0 spiro atoms. The van der Waals surface area contributed by atoms with E-state index in [2.05, 4.69) is 5.32 Å². The average Bonchev–Trinajstić information content (AvgIpc) is 2.61. The summed E-state index contributed by atoms with van der Waals surface area (Å²) >= 11 is 5.92. The van der Waals surface area contributed by atoms with Crippen LogP contribution in [0.2, 0.25) is 5.02 Å². The highest BCUT2D eigenvalue weighted by molar-refractivity contribution is 6.30. The highest BCUT2D eigenvalue weighted by Gasteiger charge is 2.41. The van der Waals surface area contributed by atoms with Crippen molar-refractivity contribution in [1.29, 1.82) is 0 Å². The Balaban J connectivity index is 2.18. The zero-order chi connectivity index (χ0) is 11.6. The molecule has 1 aromatic rings. The lowest BCUT2D eigenvalue weighted by molar-refractivity contribution is 0.0792. The molecule has 2 N–H and O–H groups in total. The van der Waals surface area contributed by atoms with E-state index in [1.807, 2.05) is 31.2 Å². The first-order valence-corrected chi connectivity index (χ1v) is 5.80. The number of anilines is 1. The Morgan fingerprint density at radius 3 is 3.00 bits per heavy atom. The van der Waals surface area contributed by atoms with E-state index in [4.69, 9.17) is 16.3 Å². The smallest absolute Gasteiger partial charge is 0.0885 e. The van der Waals surface area contributed by atoms with Gasteiger partial charge in [-0.3, -0.25) is 0 Å². The second-order valence-electron chi connectivity index (χ2n) is 4.21. The molecule has 1 fully saturated rings. The maximum absolute atomic E-state index is 9.54. The Morgan fingerprint density at radius 2 is 2.44 bits per heavy atom. The van der Waals surface area contributed by atoms with Crippen molar-refractivity contribution in [3.8, 4) is 0 Å². The third-order valence-corrected chi connectivity index (χ3v) is 3.43. The molecule has 88 valence electrons. The molecule has 0 aromatic heterocycles. The Labute approximate surface area is 100 Å². The molecule has 1 aromatic carbocycles. The molecule has 0 radical (unpaired) electrons. The minimum absolute atomic E-state index is 0.00326. The fraction of sp³-hybridized carbons (Fsp3) is 0.500. The standard InChI is InChI=1S/C12H16ClNO2/c1-9-12(8-15,5-6-16-9)14-11-4-2-3-10(13)7-11/h2-4,7,9,14-15H,5-6,8H2,1H3. The lowest BCUT2D eigenvalue weighted by Gasteiger charge is -2.32. The van der Waals surface area contributed by atoms with Crippen LogP contribution in [0.3, 0.4) is 0 Å². The van der Waals surface area contributed by atoms with Gasteiger partial charge in [0, 0.05) is 17.3 Å². The summed E-state index contributed by atoms with van der Waals surface area (Å²) in [6.07, 6.45) is 0.800. The number of aliphatic hydroxyl groups is 1. The Kier molecular flexibility index (Phi) is 3.38. The van der Waals surface area contributed by atoms with Crippen molar-refractivity contribution in [2.45, 2.75) is 25.0 Å². The van der Waals surface area contributed by atoms with Gasteiger partial charge in [-0.15, -0.1) is 0 Å². The monoisotopic (exact) mass is 241 g/mol. The molecule has 1 saturated heterocycles. The van der Waals surface area contributed by atoms with Crippen LogP contribution in [0, 0.1) is 0 Å². The van der Waals surface area contributed by atoms with E-state index in [1.165, 1.54) is 0 Å². The molecule has 1 aliphatic heterocycles. The van der Waals surface area contributed by atoms with Crippen LogP contribution in [0.1, 0.15) is 13.3 Å². The van der Waals surface area contributed by atoms with E-state index in [-0.39, 0.29) is 18.2 Å². The minimum Gasteiger partial charge on any atom is -0.394 e. The number of rotatable bonds is 3. The number of aliphatic hydroxyl groups excluding tert-OH is 1. The maximum atomic E-state index is 9.54. The van der Waals surface area contributed by atoms with Gasteiger partial charge in [-0.2, -0.15) is 0 Å². The highest BCUT2D eigenvalue weighted by Crippen LogP contribution is 2.30. The average molecular weight is 242 g/mol. The molecule has 3 nitrogen and oxygen atoms in total. The second-order valence-corrected chi connectivity index (χ2v) is 4.65. The first-order chi connectivity index (χ1) is 7.66. The van der Waals surface area contributed by atoms with Crippen LogP contribution in [0.15, 0.2) is 24.3 Å². The van der Waals surface area contributed by atoms with Crippen LogP contribution in [0.5, 0.6) is 0 Å². The molecular formula is C12H16ClNO2. The quantitative estimate of drug-likeness (QED) is 0.853. The van der Waals surface area contributed by atoms with Crippen molar-refractivity contribution < 1.29 is 9.84 Å². The van der Waals surface area contributed by atoms with Crippen LogP contribution in [-0.2, 0) is 4.74 Å². The van der Waals surface area contributed by atoms with Crippen molar-refractivity contribution in [2.75, 3.05) is 18.5 Å². The highest BCUT2D eigenvalue weighted by atomic mass is 35.5. The molecule has 0 aliphatic carbocycles. The van der Waals surface area contributed by atoms with Crippen molar-refractivity contribution in [3.63, 3.8) is 0 Å². The molecule has 2 rings (SSSR count). The molecule has 2 atom stereocenters. The third kappa shape index (κ3) is 2.17. The summed E-state index contributed by atoms with van der Waals surface area (Å²) in [7, 11) is 0. The van der Waals surface area contributed by atoms with Crippen LogP contribution in [-0.4, -0.2) is 30.0 Å². The van der Waals surface area contributed by atoms with E-state index in [0.717, 1.165) is 12.1 Å². The van der Waals surface area contributed by atoms with Gasteiger partial charge in [0.25, 0.3) is 0 Å². The number of ether oxygens (including phenoxy) is 1. The van der Waals surface area contributed by atoms with Crippen molar-refractivity contribution in [1.82, 2.24) is 0 Å². The molecule has 0 bridgehead atoms. The van der Waals surface area contributed by atoms with Gasteiger partial charge in [-0.25, -0.2) is 0 Å². The molecule has 4 heteroatoms. The predicted molar refractivity (Wildman–Crippen MR) is 64.9 cm³/mol. The third-order valence-electron chi connectivity index (χ3n) is 3.19. The van der Waals surface area contributed by atoms with Crippen molar-refractivity contribution in [3.05, 3.63) is 29.3 Å². The molecule has 1 heterocycles. The Morgan fingerprint density at radius 1 is 1.62 bits per heavy atom. The zero-order valence-corrected chi connectivity index (χ0v) is 10.00. The lowest BCUT2D eigenvalue weighted by Crippen LogP contribution is -2.47. The van der Waals surface area contributed by atoms with E-state index >= 15 is 0 Å². The van der Waals surface area contributed by atoms with Crippen LogP contribution in [0.25, 0.3) is 0 Å². The normalized spacial score (nSPS) is 29.3. The van der Waals surface area contributed by atoms with Crippen LogP contribution >= 0.6 is 11.6 Å². The second kappa shape index (κ2) is 4.62. The Bertz CT molecular complexity index is 372. The number of nitrogens with one attached hydrogen (secondary N) is 1. The van der Waals surface area contributed by atoms with Gasteiger partial charge in [0.1, 0.15) is 0 Å². The molecule has 2 unspecified atom stereocenters. The van der Waals surface area contributed by atoms with Gasteiger partial charge in [0.15, 0.2) is 0 Å². The first kappa shape index (κ1) is 11.7. The summed E-state index contributed by atoms with van der Waals surface area (Å²) in [5, 5.41) is 13.6. The fourth-order valence-electron chi connectivity index (χ4n) is 2.05. The van der Waals surface area contributed by atoms with E-state index < -0.39 is 0 Å². The van der Waals surface area contributed by atoms with Gasteiger partial charge in [0.2, 0.25) is 0 Å². The van der Waals surface area contributed by atoms with Gasteiger partial charge in [-0.1, -0.05) is 17.7 Å². The van der Waals surface area contributed by atoms with Gasteiger partial charge < -0.3 is 15.2 Å². The Hall–Kier alpha value is -0.770. The van der Waals surface area contributed by atoms with Crippen molar-refractivity contribution >= 4 is 17.3 Å². The summed E-state index contributed by atoms with van der Waals surface area (Å²) < 4.78 is 5.51. The maximum Gasteiger partial charge on any atom is 0.0885 e. The molecule has 16 heavy (non-hydrogen) atoms. The van der Waals surface area contributed by atoms with E-state index in [0.29, 0.717) is 11.6 Å². The number of benzene rings is 1. The number of halogens is 1. The number of hydrogen-bond donors (Lipinski definition) is 2. The van der Waals surface area contributed by atoms with Crippen molar-refractivity contribution in [2.24, 2.45) is 0 Å². The summed E-state index contributed by atoms with van der Waals surface area (Å²) in [6.45, 7) is 2.71. The summed E-state index contributed by atoms with van der Waals surface area (Å²) in [4.78, 5) is 0. The van der Waals surface area contributed by atoms with E-state index in [1.54, 1.807) is 0 Å². The molecule has 1 aliphatic rings. The van der Waals surface area contributed by atoms with Crippen LogP contribution < -0.4 is 5.32 Å². The summed E-state index contributed by atoms with van der Waals surface area (Å²) in [5.41, 5.74) is 0.531. The molecular weight excluding hydrogens is 226 g/mol. The largest absolute Gasteiger partial charge is 0.394 e. The van der Waals surface area contributed by atoms with Crippen LogP contribution in [0.4, 0.5) is 5.69 Å².